The maximum Gasteiger partial charge on any atom is 0.255 e. The summed E-state index contributed by atoms with van der Waals surface area (Å²) < 4.78 is 6.83. The average Bonchev–Trinajstić information content (AvgIpc) is 2.98. The number of nitrogens with one attached hydrogen (secondary N) is 2. The number of aromatic nitrogens is 1. The third-order valence-electron chi connectivity index (χ3n) is 3.16. The normalized spacial score (nSPS) is 10.6. The molecule has 0 saturated heterocycles. The van der Waals surface area contributed by atoms with E-state index in [1.807, 2.05) is 6.07 Å². The molecule has 0 aliphatic carbocycles. The second-order valence-electron chi connectivity index (χ2n) is 4.65. The molecule has 0 saturated carbocycles. The topological polar surface area (TPSA) is 89.3 Å². The Bertz CT molecular complexity index is 881. The number of hydrogen-bond donors (Lipinski definition) is 3. The van der Waals surface area contributed by atoms with Gasteiger partial charge in [-0.2, -0.15) is 0 Å². The lowest BCUT2D eigenvalue weighted by atomic mass is 10.2. The van der Waals surface area contributed by atoms with Crippen molar-refractivity contribution < 1.29 is 9.53 Å². The van der Waals surface area contributed by atoms with Gasteiger partial charge in [0.15, 0.2) is 5.13 Å². The quantitative estimate of drug-likeness (QED) is 0.466. The van der Waals surface area contributed by atoms with E-state index in [9.17, 15) is 4.79 Å². The first-order valence-electron chi connectivity index (χ1n) is 6.63. The third-order valence-corrected chi connectivity index (χ3v) is 4.70. The monoisotopic (exact) mass is 392 g/mol. The highest BCUT2D eigenvalue weighted by molar-refractivity contribution is 9.10. The number of carbonyl (C=O) groups excluding carboxylic acids is 1. The SMILES string of the molecule is COc1cccc(C(=O)Nc2cc(Br)c3nc(NN)sc3c2)c1. The Balaban J connectivity index is 1.89. The Morgan fingerprint density at radius 1 is 1.35 bits per heavy atom. The molecule has 1 aromatic heterocycles. The Labute approximate surface area is 144 Å². The molecule has 0 radical (unpaired) electrons. The molecular weight excluding hydrogens is 380 g/mol. The van der Waals surface area contributed by atoms with E-state index in [-0.39, 0.29) is 5.91 Å². The Morgan fingerprint density at radius 3 is 2.91 bits per heavy atom. The number of anilines is 2. The highest BCUT2D eigenvalue weighted by atomic mass is 79.9. The Morgan fingerprint density at radius 2 is 2.17 bits per heavy atom. The summed E-state index contributed by atoms with van der Waals surface area (Å²) >= 11 is 4.87. The second kappa shape index (κ2) is 6.53. The van der Waals surface area contributed by atoms with Crippen molar-refractivity contribution in [2.75, 3.05) is 17.9 Å². The lowest BCUT2D eigenvalue weighted by Crippen LogP contribution is -2.11. The zero-order chi connectivity index (χ0) is 16.4. The van der Waals surface area contributed by atoms with Gasteiger partial charge in [0.25, 0.3) is 5.91 Å². The number of fused-ring (bicyclic) bond motifs is 1. The van der Waals surface area contributed by atoms with Crippen LogP contribution >= 0.6 is 27.3 Å². The fourth-order valence-corrected chi connectivity index (χ4v) is 3.61. The highest BCUT2D eigenvalue weighted by Gasteiger charge is 2.12. The minimum Gasteiger partial charge on any atom is -0.497 e. The van der Waals surface area contributed by atoms with Gasteiger partial charge in [-0.05, 0) is 46.3 Å². The number of thiazole rings is 1. The van der Waals surface area contributed by atoms with Crippen LogP contribution in [0.25, 0.3) is 10.2 Å². The maximum atomic E-state index is 12.4. The lowest BCUT2D eigenvalue weighted by Gasteiger charge is -2.07. The molecule has 0 aliphatic rings. The standard InChI is InChI=1S/C15H13BrN4O2S/c1-22-10-4-2-3-8(5-10)14(21)18-9-6-11(16)13-12(7-9)23-15(19-13)20-17/h2-7H,17H2,1H3,(H,18,21)(H,19,20). The van der Waals surface area contributed by atoms with Crippen molar-refractivity contribution in [3.8, 4) is 5.75 Å². The van der Waals surface area contributed by atoms with Gasteiger partial charge in [-0.25, -0.2) is 10.8 Å². The number of benzene rings is 2. The number of methoxy groups -OCH3 is 1. The molecule has 23 heavy (non-hydrogen) atoms. The van der Waals surface area contributed by atoms with Gasteiger partial charge in [0.1, 0.15) is 5.75 Å². The van der Waals surface area contributed by atoms with Crippen LogP contribution in [0.5, 0.6) is 5.75 Å². The Hall–Kier alpha value is -2.16. The van der Waals surface area contributed by atoms with E-state index in [1.165, 1.54) is 11.3 Å². The average molecular weight is 393 g/mol. The molecule has 1 heterocycles. The van der Waals surface area contributed by atoms with Crippen LogP contribution in [0.2, 0.25) is 0 Å². The fourth-order valence-electron chi connectivity index (χ4n) is 2.09. The van der Waals surface area contributed by atoms with Gasteiger partial charge < -0.3 is 10.1 Å². The number of halogens is 1. The van der Waals surface area contributed by atoms with Crippen LogP contribution in [0.3, 0.4) is 0 Å². The van der Waals surface area contributed by atoms with Gasteiger partial charge >= 0.3 is 0 Å². The van der Waals surface area contributed by atoms with Crippen LogP contribution in [0.15, 0.2) is 40.9 Å². The summed E-state index contributed by atoms with van der Waals surface area (Å²) in [4.78, 5) is 16.7. The summed E-state index contributed by atoms with van der Waals surface area (Å²) in [7, 11) is 1.56. The number of rotatable bonds is 4. The van der Waals surface area contributed by atoms with Crippen LogP contribution in [0.4, 0.5) is 10.8 Å². The largest absolute Gasteiger partial charge is 0.497 e. The number of hydrogen-bond acceptors (Lipinski definition) is 6. The van der Waals surface area contributed by atoms with Crippen molar-refractivity contribution in [3.05, 3.63) is 46.4 Å². The first kappa shape index (κ1) is 15.7. The molecule has 1 amide bonds. The zero-order valence-corrected chi connectivity index (χ0v) is 14.5. The molecule has 4 N–H and O–H groups in total. The Kier molecular flexibility index (Phi) is 4.46. The molecule has 3 rings (SSSR count). The molecule has 3 aromatic rings. The minimum absolute atomic E-state index is 0.211. The first-order chi connectivity index (χ1) is 11.1. The molecule has 0 unspecified atom stereocenters. The molecule has 8 heteroatoms. The lowest BCUT2D eigenvalue weighted by molar-refractivity contribution is 0.102. The van der Waals surface area contributed by atoms with Crippen molar-refractivity contribution in [1.82, 2.24) is 4.98 Å². The van der Waals surface area contributed by atoms with Crippen LogP contribution < -0.4 is 21.3 Å². The van der Waals surface area contributed by atoms with E-state index in [0.717, 1.165) is 14.7 Å². The predicted octanol–water partition coefficient (Wildman–Crippen LogP) is 3.61. The molecule has 0 bridgehead atoms. The molecule has 0 atom stereocenters. The molecule has 0 spiro atoms. The van der Waals surface area contributed by atoms with Crippen molar-refractivity contribution >= 4 is 54.2 Å². The number of nitrogen functional groups attached to an aromatic ring is 1. The smallest absolute Gasteiger partial charge is 0.255 e. The summed E-state index contributed by atoms with van der Waals surface area (Å²) in [5, 5.41) is 3.48. The van der Waals surface area contributed by atoms with Gasteiger partial charge in [0.05, 0.1) is 17.3 Å². The summed E-state index contributed by atoms with van der Waals surface area (Å²) in [5.41, 5.74) is 4.51. The first-order valence-corrected chi connectivity index (χ1v) is 8.24. The fraction of sp³-hybridized carbons (Fsp3) is 0.0667. The van der Waals surface area contributed by atoms with Crippen LogP contribution in [-0.4, -0.2) is 18.0 Å². The zero-order valence-electron chi connectivity index (χ0n) is 12.1. The summed E-state index contributed by atoms with van der Waals surface area (Å²) in [6.45, 7) is 0. The number of ether oxygens (including phenoxy) is 1. The summed E-state index contributed by atoms with van der Waals surface area (Å²) in [6, 6.07) is 10.6. The predicted molar refractivity (Wildman–Crippen MR) is 96.1 cm³/mol. The van der Waals surface area contributed by atoms with E-state index in [1.54, 1.807) is 37.4 Å². The number of amides is 1. The minimum atomic E-state index is -0.211. The van der Waals surface area contributed by atoms with E-state index >= 15 is 0 Å². The summed E-state index contributed by atoms with van der Waals surface area (Å²) in [5.74, 6) is 5.81. The highest BCUT2D eigenvalue weighted by Crippen LogP contribution is 2.33. The molecule has 2 aromatic carbocycles. The molecule has 0 fully saturated rings. The van der Waals surface area contributed by atoms with E-state index in [2.05, 4.69) is 31.7 Å². The van der Waals surface area contributed by atoms with Crippen LogP contribution in [0.1, 0.15) is 10.4 Å². The maximum absolute atomic E-state index is 12.4. The third kappa shape index (κ3) is 3.29. The molecule has 118 valence electrons. The van der Waals surface area contributed by atoms with Crippen molar-refractivity contribution in [2.45, 2.75) is 0 Å². The molecule has 0 aliphatic heterocycles. The van der Waals surface area contributed by atoms with Crippen molar-refractivity contribution in [3.63, 3.8) is 0 Å². The number of nitrogens with zero attached hydrogens (tertiary/aromatic N) is 1. The van der Waals surface area contributed by atoms with Gasteiger partial charge in [-0.3, -0.25) is 10.2 Å². The van der Waals surface area contributed by atoms with Gasteiger partial charge in [0.2, 0.25) is 0 Å². The van der Waals surface area contributed by atoms with E-state index in [4.69, 9.17) is 10.6 Å². The van der Waals surface area contributed by atoms with Crippen molar-refractivity contribution in [2.24, 2.45) is 5.84 Å². The van der Waals surface area contributed by atoms with Crippen molar-refractivity contribution in [1.29, 1.82) is 0 Å². The van der Waals surface area contributed by atoms with Crippen LogP contribution in [-0.2, 0) is 0 Å². The number of hydrazine groups is 1. The summed E-state index contributed by atoms with van der Waals surface area (Å²) in [6.07, 6.45) is 0. The van der Waals surface area contributed by atoms with E-state index in [0.29, 0.717) is 22.1 Å². The molecule has 6 nitrogen and oxygen atoms in total. The van der Waals surface area contributed by atoms with Gasteiger partial charge in [-0.1, -0.05) is 17.4 Å². The van der Waals surface area contributed by atoms with Crippen LogP contribution in [0, 0.1) is 0 Å². The number of carbonyl (C=O) groups is 1. The van der Waals surface area contributed by atoms with Gasteiger partial charge in [-0.15, -0.1) is 0 Å². The number of nitrogens with two attached hydrogens (primary N) is 1. The second-order valence-corrected chi connectivity index (χ2v) is 6.54. The van der Waals surface area contributed by atoms with Gasteiger partial charge in [0, 0.05) is 15.7 Å². The molecular formula is C15H13BrN4O2S. The van der Waals surface area contributed by atoms with E-state index < -0.39 is 0 Å².